The molecule has 0 spiro atoms. The Kier molecular flexibility index (Phi) is 2.07. The maximum absolute atomic E-state index is 2.46. The Bertz CT molecular complexity index is 311. The Balaban J connectivity index is 2.33. The van der Waals surface area contributed by atoms with Crippen LogP contribution in [0.1, 0.15) is 19.3 Å². The summed E-state index contributed by atoms with van der Waals surface area (Å²) in [5.74, 6) is 0. The van der Waals surface area contributed by atoms with E-state index in [1.54, 1.807) is 10.8 Å². The standard InChI is InChI=1S/C12H18Si/c1-13(2,3)12-8-10-6-4-5-7-11(10)9-12/h6,8-9H,4-5,7H2,1-3H3. The van der Waals surface area contributed by atoms with E-state index in [4.69, 9.17) is 0 Å². The number of hydrogen-bond acceptors (Lipinski definition) is 0. The summed E-state index contributed by atoms with van der Waals surface area (Å²) in [6, 6.07) is 0. The van der Waals surface area contributed by atoms with Crippen molar-refractivity contribution >= 4 is 8.07 Å². The van der Waals surface area contributed by atoms with Gasteiger partial charge in [0.05, 0.1) is 8.07 Å². The molecule has 0 aromatic rings. The van der Waals surface area contributed by atoms with Crippen LogP contribution in [0.15, 0.2) is 34.6 Å². The SMILES string of the molecule is C[Si](C)(C)C1=CC2=CCCCC2=C1. The van der Waals surface area contributed by atoms with E-state index in [1.165, 1.54) is 24.8 Å². The second-order valence-electron chi connectivity index (χ2n) is 5.07. The van der Waals surface area contributed by atoms with Crippen LogP contribution in [0.4, 0.5) is 0 Å². The zero-order valence-electron chi connectivity index (χ0n) is 8.85. The predicted molar refractivity (Wildman–Crippen MR) is 61.4 cm³/mol. The van der Waals surface area contributed by atoms with E-state index in [9.17, 15) is 0 Å². The summed E-state index contributed by atoms with van der Waals surface area (Å²) in [5.41, 5.74) is 3.13. The molecule has 0 aromatic carbocycles. The normalized spacial score (nSPS) is 21.9. The third kappa shape index (κ3) is 1.71. The van der Waals surface area contributed by atoms with Crippen molar-refractivity contribution in [3.05, 3.63) is 34.6 Å². The minimum Gasteiger partial charge on any atom is -0.0770 e. The summed E-state index contributed by atoms with van der Waals surface area (Å²) in [6.07, 6.45) is 11.2. The molecule has 0 amide bonds. The molecule has 0 unspecified atom stereocenters. The molecular formula is C12H18Si. The molecule has 2 aliphatic rings. The maximum Gasteiger partial charge on any atom is 0.0776 e. The number of allylic oxidation sites excluding steroid dienone is 6. The summed E-state index contributed by atoms with van der Waals surface area (Å²) in [5, 5.41) is 1.63. The van der Waals surface area contributed by atoms with Gasteiger partial charge < -0.3 is 0 Å². The molecule has 0 aromatic heterocycles. The smallest absolute Gasteiger partial charge is 0.0770 e. The molecule has 2 rings (SSSR count). The van der Waals surface area contributed by atoms with E-state index in [2.05, 4.69) is 37.9 Å². The molecule has 70 valence electrons. The number of fused-ring (bicyclic) bond motifs is 1. The van der Waals surface area contributed by atoms with Crippen LogP contribution in [-0.2, 0) is 0 Å². The minimum atomic E-state index is -1.07. The van der Waals surface area contributed by atoms with Gasteiger partial charge in [0.1, 0.15) is 0 Å². The largest absolute Gasteiger partial charge is 0.0776 e. The van der Waals surface area contributed by atoms with Crippen molar-refractivity contribution in [2.45, 2.75) is 38.9 Å². The first-order chi connectivity index (χ1) is 6.07. The van der Waals surface area contributed by atoms with E-state index in [0.717, 1.165) is 0 Å². The third-order valence-corrected chi connectivity index (χ3v) is 4.91. The van der Waals surface area contributed by atoms with Crippen LogP contribution in [0.2, 0.25) is 19.6 Å². The van der Waals surface area contributed by atoms with Gasteiger partial charge in [-0.1, -0.05) is 43.1 Å². The highest BCUT2D eigenvalue weighted by molar-refractivity contribution is 6.83. The average molecular weight is 190 g/mol. The van der Waals surface area contributed by atoms with Crippen molar-refractivity contribution in [2.24, 2.45) is 0 Å². The fourth-order valence-corrected chi connectivity index (χ4v) is 3.16. The quantitative estimate of drug-likeness (QED) is 0.551. The lowest BCUT2D eigenvalue weighted by atomic mass is 9.96. The Labute approximate surface area is 82.1 Å². The first-order valence-electron chi connectivity index (χ1n) is 5.21. The second-order valence-corrected chi connectivity index (χ2v) is 10.1. The van der Waals surface area contributed by atoms with Gasteiger partial charge in [-0.05, 0) is 30.4 Å². The summed E-state index contributed by atoms with van der Waals surface area (Å²) < 4.78 is 0. The molecule has 2 aliphatic carbocycles. The molecule has 0 bridgehead atoms. The van der Waals surface area contributed by atoms with Crippen LogP contribution in [0.5, 0.6) is 0 Å². The van der Waals surface area contributed by atoms with Crippen LogP contribution >= 0.6 is 0 Å². The Morgan fingerprint density at radius 3 is 2.54 bits per heavy atom. The average Bonchev–Trinajstić information content (AvgIpc) is 2.45. The number of hydrogen-bond donors (Lipinski definition) is 0. The lowest BCUT2D eigenvalue weighted by Crippen LogP contribution is -2.21. The van der Waals surface area contributed by atoms with Gasteiger partial charge in [-0.3, -0.25) is 0 Å². The van der Waals surface area contributed by atoms with Gasteiger partial charge in [-0.25, -0.2) is 0 Å². The summed E-state index contributed by atoms with van der Waals surface area (Å²) >= 11 is 0. The Morgan fingerprint density at radius 2 is 1.92 bits per heavy atom. The van der Waals surface area contributed by atoms with Gasteiger partial charge in [0, 0.05) is 0 Å². The van der Waals surface area contributed by atoms with Crippen molar-refractivity contribution in [2.75, 3.05) is 0 Å². The first-order valence-corrected chi connectivity index (χ1v) is 8.71. The molecule has 0 N–H and O–H groups in total. The van der Waals surface area contributed by atoms with Crippen molar-refractivity contribution in [1.82, 2.24) is 0 Å². The molecular weight excluding hydrogens is 172 g/mol. The summed E-state index contributed by atoms with van der Waals surface area (Å²) in [4.78, 5) is 0. The predicted octanol–water partition coefficient (Wildman–Crippen LogP) is 3.84. The molecule has 0 saturated heterocycles. The van der Waals surface area contributed by atoms with E-state index < -0.39 is 8.07 Å². The maximum atomic E-state index is 2.46. The fraction of sp³-hybridized carbons (Fsp3) is 0.500. The molecule has 0 nitrogen and oxygen atoms in total. The monoisotopic (exact) mass is 190 g/mol. The van der Waals surface area contributed by atoms with Crippen molar-refractivity contribution in [3.8, 4) is 0 Å². The molecule has 0 atom stereocenters. The third-order valence-electron chi connectivity index (χ3n) is 2.89. The Morgan fingerprint density at radius 1 is 1.15 bits per heavy atom. The zero-order valence-corrected chi connectivity index (χ0v) is 9.85. The van der Waals surface area contributed by atoms with E-state index in [1.807, 2.05) is 0 Å². The van der Waals surface area contributed by atoms with Crippen LogP contribution < -0.4 is 0 Å². The van der Waals surface area contributed by atoms with E-state index in [-0.39, 0.29) is 0 Å². The highest BCUT2D eigenvalue weighted by atomic mass is 28.3. The van der Waals surface area contributed by atoms with Gasteiger partial charge in [-0.2, -0.15) is 0 Å². The van der Waals surface area contributed by atoms with E-state index in [0.29, 0.717) is 0 Å². The van der Waals surface area contributed by atoms with Gasteiger partial charge in [0.25, 0.3) is 0 Å². The van der Waals surface area contributed by atoms with Gasteiger partial charge in [0.15, 0.2) is 0 Å². The topological polar surface area (TPSA) is 0 Å². The molecule has 0 saturated carbocycles. The van der Waals surface area contributed by atoms with Crippen molar-refractivity contribution in [1.29, 1.82) is 0 Å². The summed E-state index contributed by atoms with van der Waals surface area (Å²) in [7, 11) is -1.07. The van der Waals surface area contributed by atoms with Crippen LogP contribution in [-0.4, -0.2) is 8.07 Å². The minimum absolute atomic E-state index is 1.07. The molecule has 0 heterocycles. The van der Waals surface area contributed by atoms with Crippen LogP contribution in [0.25, 0.3) is 0 Å². The van der Waals surface area contributed by atoms with Gasteiger partial charge >= 0.3 is 0 Å². The Hall–Kier alpha value is -0.563. The molecule has 13 heavy (non-hydrogen) atoms. The van der Waals surface area contributed by atoms with Gasteiger partial charge in [-0.15, -0.1) is 0 Å². The molecule has 0 radical (unpaired) electrons. The van der Waals surface area contributed by atoms with Crippen molar-refractivity contribution in [3.63, 3.8) is 0 Å². The molecule has 0 fully saturated rings. The lowest BCUT2D eigenvalue weighted by molar-refractivity contribution is 0.812. The van der Waals surface area contributed by atoms with E-state index >= 15 is 0 Å². The van der Waals surface area contributed by atoms with Crippen molar-refractivity contribution < 1.29 is 0 Å². The highest BCUT2D eigenvalue weighted by Gasteiger charge is 2.24. The second kappa shape index (κ2) is 2.98. The first kappa shape index (κ1) is 9.01. The fourth-order valence-electron chi connectivity index (χ4n) is 1.96. The van der Waals surface area contributed by atoms with Gasteiger partial charge in [0.2, 0.25) is 0 Å². The molecule has 0 aliphatic heterocycles. The lowest BCUT2D eigenvalue weighted by Gasteiger charge is -2.15. The zero-order chi connectivity index (χ0) is 9.47. The van der Waals surface area contributed by atoms with Crippen LogP contribution in [0.3, 0.4) is 0 Å². The van der Waals surface area contributed by atoms with Crippen LogP contribution in [0, 0.1) is 0 Å². The summed E-state index contributed by atoms with van der Waals surface area (Å²) in [6.45, 7) is 7.27. The number of rotatable bonds is 1. The highest BCUT2D eigenvalue weighted by Crippen LogP contribution is 2.35. The molecule has 1 heteroatoms.